The maximum absolute atomic E-state index is 13.4. The molecule has 0 aromatic heterocycles. The Bertz CT molecular complexity index is 458. The molecule has 3 nitrogen and oxygen atoms in total. The smallest absolute Gasteiger partial charge is 0.254 e. The molecule has 1 aromatic rings. The molecule has 7 heteroatoms. The number of nitrogens with one attached hydrogen (secondary N) is 1. The fraction of sp³-hybridized carbons (Fsp3) is 0.417. The number of alkyl halides is 1. The van der Waals surface area contributed by atoms with Crippen LogP contribution in [0.1, 0.15) is 16.8 Å². The second-order valence-corrected chi connectivity index (χ2v) is 4.87. The lowest BCUT2D eigenvalue weighted by molar-refractivity contribution is 0.0947. The van der Waals surface area contributed by atoms with Crippen molar-refractivity contribution in [2.24, 2.45) is 0 Å². The van der Waals surface area contributed by atoms with Crippen molar-refractivity contribution in [2.75, 3.05) is 20.3 Å². The molecule has 1 amide bonds. The van der Waals surface area contributed by atoms with Gasteiger partial charge in [-0.15, -0.1) is 11.6 Å². The van der Waals surface area contributed by atoms with E-state index in [4.69, 9.17) is 27.9 Å². The van der Waals surface area contributed by atoms with E-state index in [-0.39, 0.29) is 22.5 Å². The van der Waals surface area contributed by atoms with Gasteiger partial charge in [0.25, 0.3) is 5.91 Å². The van der Waals surface area contributed by atoms with Crippen molar-refractivity contribution in [3.05, 3.63) is 34.4 Å². The highest BCUT2D eigenvalue weighted by Crippen LogP contribution is 2.19. The SMILES string of the molecule is COCC(Cl)CCNC(=O)c1cc(F)c(Cl)cc1F. The molecule has 1 rings (SSSR count). The van der Waals surface area contributed by atoms with Gasteiger partial charge in [-0.1, -0.05) is 11.6 Å². The summed E-state index contributed by atoms with van der Waals surface area (Å²) in [5.74, 6) is -2.43. The first-order valence-corrected chi connectivity index (χ1v) is 6.33. The summed E-state index contributed by atoms with van der Waals surface area (Å²) in [6.07, 6.45) is 0.457. The molecule has 0 spiro atoms. The van der Waals surface area contributed by atoms with Gasteiger partial charge in [0.05, 0.1) is 22.6 Å². The summed E-state index contributed by atoms with van der Waals surface area (Å²) in [6.45, 7) is 0.585. The number of rotatable bonds is 6. The van der Waals surface area contributed by atoms with Crippen LogP contribution < -0.4 is 5.32 Å². The first-order chi connectivity index (χ1) is 8.95. The maximum atomic E-state index is 13.4. The zero-order chi connectivity index (χ0) is 14.4. The van der Waals surface area contributed by atoms with E-state index >= 15 is 0 Å². The standard InChI is InChI=1S/C12H13Cl2F2NO2/c1-19-6-7(13)2-3-17-12(18)8-4-11(16)9(14)5-10(8)15/h4-5,7H,2-3,6H2,1H3,(H,17,18). The van der Waals surface area contributed by atoms with E-state index in [2.05, 4.69) is 5.32 Å². The molecule has 0 radical (unpaired) electrons. The lowest BCUT2D eigenvalue weighted by Gasteiger charge is -2.10. The van der Waals surface area contributed by atoms with Gasteiger partial charge in [0.1, 0.15) is 11.6 Å². The van der Waals surface area contributed by atoms with Crippen LogP contribution in [0.2, 0.25) is 5.02 Å². The second kappa shape index (κ2) is 7.62. The van der Waals surface area contributed by atoms with E-state index in [1.54, 1.807) is 0 Å². The number of amides is 1. The van der Waals surface area contributed by atoms with Crippen LogP contribution in [0.15, 0.2) is 12.1 Å². The van der Waals surface area contributed by atoms with Crippen molar-refractivity contribution < 1.29 is 18.3 Å². The fourth-order valence-corrected chi connectivity index (χ4v) is 1.78. The van der Waals surface area contributed by atoms with Crippen LogP contribution in [0, 0.1) is 11.6 Å². The summed E-state index contributed by atoms with van der Waals surface area (Å²) < 4.78 is 31.4. The minimum atomic E-state index is -0.872. The highest BCUT2D eigenvalue weighted by atomic mass is 35.5. The predicted octanol–water partition coefficient (Wildman–Crippen LogP) is 2.99. The van der Waals surface area contributed by atoms with E-state index in [9.17, 15) is 13.6 Å². The van der Waals surface area contributed by atoms with E-state index in [1.165, 1.54) is 7.11 Å². The molecule has 0 aliphatic heterocycles. The molecule has 0 saturated heterocycles. The third kappa shape index (κ3) is 4.93. The predicted molar refractivity (Wildman–Crippen MR) is 69.8 cm³/mol. The van der Waals surface area contributed by atoms with Crippen LogP contribution in [0.3, 0.4) is 0 Å². The highest BCUT2D eigenvalue weighted by Gasteiger charge is 2.15. The van der Waals surface area contributed by atoms with Gasteiger partial charge in [-0.2, -0.15) is 0 Å². The van der Waals surface area contributed by atoms with Gasteiger partial charge in [-0.05, 0) is 18.6 Å². The Morgan fingerprint density at radius 2 is 2.11 bits per heavy atom. The van der Waals surface area contributed by atoms with Gasteiger partial charge in [-0.25, -0.2) is 8.78 Å². The van der Waals surface area contributed by atoms with Crippen molar-refractivity contribution in [1.82, 2.24) is 5.32 Å². The van der Waals surface area contributed by atoms with Gasteiger partial charge < -0.3 is 10.1 Å². The average molecular weight is 312 g/mol. The first kappa shape index (κ1) is 16.1. The van der Waals surface area contributed by atoms with Crippen LogP contribution in [-0.4, -0.2) is 31.5 Å². The Labute approximate surface area is 119 Å². The molecule has 0 heterocycles. The molecular formula is C12H13Cl2F2NO2. The normalized spacial score (nSPS) is 12.3. The first-order valence-electron chi connectivity index (χ1n) is 5.51. The molecule has 19 heavy (non-hydrogen) atoms. The summed E-state index contributed by atoms with van der Waals surface area (Å²) in [4.78, 5) is 11.6. The molecule has 1 unspecified atom stereocenters. The number of hydrogen-bond acceptors (Lipinski definition) is 2. The fourth-order valence-electron chi connectivity index (χ4n) is 1.40. The monoisotopic (exact) mass is 311 g/mol. The quantitative estimate of drug-likeness (QED) is 0.648. The molecule has 1 aromatic carbocycles. The average Bonchev–Trinajstić information content (AvgIpc) is 2.34. The molecule has 0 aliphatic rings. The van der Waals surface area contributed by atoms with Crippen molar-refractivity contribution in [1.29, 1.82) is 0 Å². The lowest BCUT2D eigenvalue weighted by atomic mass is 10.2. The minimum Gasteiger partial charge on any atom is -0.383 e. The Kier molecular flexibility index (Phi) is 6.48. The third-order valence-electron chi connectivity index (χ3n) is 2.35. The van der Waals surface area contributed by atoms with Gasteiger partial charge in [-0.3, -0.25) is 4.79 Å². The van der Waals surface area contributed by atoms with E-state index in [0.717, 1.165) is 12.1 Å². The van der Waals surface area contributed by atoms with Crippen LogP contribution in [0.5, 0.6) is 0 Å². The number of ether oxygens (including phenoxy) is 1. The molecular weight excluding hydrogens is 299 g/mol. The summed E-state index contributed by atoms with van der Waals surface area (Å²) in [5.41, 5.74) is -0.389. The van der Waals surface area contributed by atoms with Crippen molar-refractivity contribution in [2.45, 2.75) is 11.8 Å². The number of carbonyl (C=O) groups excluding carboxylic acids is 1. The Balaban J connectivity index is 2.57. The maximum Gasteiger partial charge on any atom is 0.254 e. The van der Waals surface area contributed by atoms with E-state index in [1.807, 2.05) is 0 Å². The highest BCUT2D eigenvalue weighted by molar-refractivity contribution is 6.30. The van der Waals surface area contributed by atoms with Gasteiger partial charge in [0, 0.05) is 13.7 Å². The molecule has 0 aliphatic carbocycles. The van der Waals surface area contributed by atoms with E-state index in [0.29, 0.717) is 13.0 Å². The second-order valence-electron chi connectivity index (χ2n) is 3.84. The summed E-state index contributed by atoms with van der Waals surface area (Å²) in [7, 11) is 1.51. The minimum absolute atomic E-state index is 0.236. The molecule has 1 atom stereocenters. The molecule has 0 fully saturated rings. The number of carbonyl (C=O) groups is 1. The Morgan fingerprint density at radius 3 is 2.74 bits per heavy atom. The Hall–Kier alpha value is -0.910. The van der Waals surface area contributed by atoms with Crippen LogP contribution in [-0.2, 0) is 4.74 Å². The van der Waals surface area contributed by atoms with Crippen molar-refractivity contribution in [3.63, 3.8) is 0 Å². The summed E-state index contributed by atoms with van der Waals surface area (Å²) in [5, 5.41) is 1.83. The number of hydrogen-bond donors (Lipinski definition) is 1. The van der Waals surface area contributed by atoms with E-state index < -0.39 is 17.5 Å². The Morgan fingerprint density at radius 1 is 1.42 bits per heavy atom. The number of benzene rings is 1. The van der Waals surface area contributed by atoms with Gasteiger partial charge >= 0.3 is 0 Å². The van der Waals surface area contributed by atoms with Crippen LogP contribution in [0.25, 0.3) is 0 Å². The molecule has 1 N–H and O–H groups in total. The molecule has 0 saturated carbocycles. The molecule has 106 valence electrons. The van der Waals surface area contributed by atoms with Crippen LogP contribution >= 0.6 is 23.2 Å². The van der Waals surface area contributed by atoms with Gasteiger partial charge in [0.2, 0.25) is 0 Å². The third-order valence-corrected chi connectivity index (χ3v) is 2.98. The van der Waals surface area contributed by atoms with Crippen molar-refractivity contribution >= 4 is 29.1 Å². The summed E-state index contributed by atoms with van der Waals surface area (Å²) >= 11 is 11.3. The molecule has 0 bridgehead atoms. The van der Waals surface area contributed by atoms with Crippen LogP contribution in [0.4, 0.5) is 8.78 Å². The number of halogens is 4. The lowest BCUT2D eigenvalue weighted by Crippen LogP contribution is -2.27. The largest absolute Gasteiger partial charge is 0.383 e. The zero-order valence-electron chi connectivity index (χ0n) is 10.2. The van der Waals surface area contributed by atoms with Crippen molar-refractivity contribution in [3.8, 4) is 0 Å². The van der Waals surface area contributed by atoms with Gasteiger partial charge in [0.15, 0.2) is 0 Å². The zero-order valence-corrected chi connectivity index (χ0v) is 11.7. The topological polar surface area (TPSA) is 38.3 Å². The number of methoxy groups -OCH3 is 1. The summed E-state index contributed by atoms with van der Waals surface area (Å²) in [6, 6.07) is 1.53.